The Balaban J connectivity index is 2.16. The fourth-order valence-corrected chi connectivity index (χ4v) is 2.66. The maximum atomic E-state index is 4.48. The number of pyridine rings is 1. The van der Waals surface area contributed by atoms with Gasteiger partial charge >= 0.3 is 0 Å². The Morgan fingerprint density at radius 1 is 1.41 bits per heavy atom. The highest BCUT2D eigenvalue weighted by Gasteiger charge is 2.13. The number of nitrogens with one attached hydrogen (secondary N) is 1. The summed E-state index contributed by atoms with van der Waals surface area (Å²) in [7, 11) is 0. The second kappa shape index (κ2) is 5.94. The van der Waals surface area contributed by atoms with Crippen LogP contribution in [0.25, 0.3) is 0 Å². The molecule has 0 aliphatic rings. The summed E-state index contributed by atoms with van der Waals surface area (Å²) in [6.45, 7) is 5.21. The summed E-state index contributed by atoms with van der Waals surface area (Å²) in [5.74, 6) is 0. The van der Waals surface area contributed by atoms with Crippen LogP contribution in [0.5, 0.6) is 0 Å². The van der Waals surface area contributed by atoms with E-state index in [-0.39, 0.29) is 0 Å². The lowest BCUT2D eigenvalue weighted by atomic mass is 10.1. The Morgan fingerprint density at radius 2 is 2.29 bits per heavy atom. The largest absolute Gasteiger partial charge is 0.309 e. The maximum absolute atomic E-state index is 4.48. The topological polar surface area (TPSA) is 24.9 Å². The van der Waals surface area contributed by atoms with E-state index in [1.165, 1.54) is 10.4 Å². The predicted octanol–water partition coefficient (Wildman–Crippen LogP) is 3.34. The van der Waals surface area contributed by atoms with Gasteiger partial charge in [-0.15, -0.1) is 11.3 Å². The minimum absolute atomic E-state index is 0.318. The van der Waals surface area contributed by atoms with Gasteiger partial charge in [0.2, 0.25) is 0 Å². The van der Waals surface area contributed by atoms with Gasteiger partial charge in [-0.25, -0.2) is 0 Å². The number of aryl methyl sites for hydroxylation is 1. The molecule has 0 saturated heterocycles. The molecule has 1 N–H and O–H groups in total. The third-order valence-corrected chi connectivity index (χ3v) is 3.63. The average Bonchev–Trinajstić information content (AvgIpc) is 2.81. The van der Waals surface area contributed by atoms with Crippen LogP contribution < -0.4 is 5.32 Å². The van der Waals surface area contributed by atoms with Crippen molar-refractivity contribution in [3.05, 3.63) is 52.0 Å². The van der Waals surface area contributed by atoms with Crippen molar-refractivity contribution in [1.82, 2.24) is 10.3 Å². The fourth-order valence-electron chi connectivity index (χ4n) is 1.91. The quantitative estimate of drug-likeness (QED) is 0.875. The number of rotatable bonds is 5. The standard InChI is InChI=1S/C14H18N2S/c1-3-15-14(10-12-5-4-8-17-12)13-9-11(2)6-7-16-13/h4-9,14-15H,3,10H2,1-2H3. The first-order chi connectivity index (χ1) is 8.29. The Hall–Kier alpha value is -1.19. The minimum atomic E-state index is 0.318. The second-order valence-electron chi connectivity index (χ2n) is 4.15. The van der Waals surface area contributed by atoms with Crippen LogP contribution in [-0.2, 0) is 6.42 Å². The molecule has 17 heavy (non-hydrogen) atoms. The molecule has 1 unspecified atom stereocenters. The number of hydrogen-bond acceptors (Lipinski definition) is 3. The smallest absolute Gasteiger partial charge is 0.0579 e. The van der Waals surface area contributed by atoms with E-state index in [9.17, 15) is 0 Å². The van der Waals surface area contributed by atoms with Crippen molar-refractivity contribution in [2.75, 3.05) is 6.54 Å². The van der Waals surface area contributed by atoms with Crippen LogP contribution in [0.2, 0.25) is 0 Å². The molecule has 0 bridgehead atoms. The molecule has 2 aromatic heterocycles. The Bertz CT molecular complexity index is 451. The summed E-state index contributed by atoms with van der Waals surface area (Å²) < 4.78 is 0. The van der Waals surface area contributed by atoms with E-state index >= 15 is 0 Å². The van der Waals surface area contributed by atoms with E-state index in [4.69, 9.17) is 0 Å². The zero-order chi connectivity index (χ0) is 12.1. The summed E-state index contributed by atoms with van der Waals surface area (Å²) in [6, 6.07) is 8.81. The van der Waals surface area contributed by atoms with Crippen LogP contribution in [0.15, 0.2) is 35.8 Å². The number of likely N-dealkylation sites (N-methyl/N-ethyl adjacent to an activating group) is 1. The molecule has 2 nitrogen and oxygen atoms in total. The molecule has 2 heterocycles. The molecule has 3 heteroatoms. The van der Waals surface area contributed by atoms with Crippen LogP contribution in [0.1, 0.15) is 29.1 Å². The van der Waals surface area contributed by atoms with E-state index in [2.05, 4.69) is 47.7 Å². The van der Waals surface area contributed by atoms with Gasteiger partial charge in [0.05, 0.1) is 11.7 Å². The van der Waals surface area contributed by atoms with Gasteiger partial charge in [-0.3, -0.25) is 4.98 Å². The van der Waals surface area contributed by atoms with E-state index in [1.54, 1.807) is 0 Å². The third-order valence-electron chi connectivity index (χ3n) is 2.73. The molecular weight excluding hydrogens is 228 g/mol. The SMILES string of the molecule is CCNC(Cc1cccs1)c1cc(C)ccn1. The van der Waals surface area contributed by atoms with E-state index < -0.39 is 0 Å². The lowest BCUT2D eigenvalue weighted by molar-refractivity contribution is 0.539. The zero-order valence-electron chi connectivity index (χ0n) is 10.3. The van der Waals surface area contributed by atoms with E-state index in [0.29, 0.717) is 6.04 Å². The molecule has 0 amide bonds. The summed E-state index contributed by atoms with van der Waals surface area (Å²) in [6.07, 6.45) is 2.91. The summed E-state index contributed by atoms with van der Waals surface area (Å²) in [4.78, 5) is 5.88. The number of hydrogen-bond donors (Lipinski definition) is 1. The monoisotopic (exact) mass is 246 g/mol. The maximum Gasteiger partial charge on any atom is 0.0579 e. The molecule has 1 atom stereocenters. The predicted molar refractivity (Wildman–Crippen MR) is 73.4 cm³/mol. The Labute approximate surface area is 107 Å². The highest BCUT2D eigenvalue weighted by Crippen LogP contribution is 2.20. The van der Waals surface area contributed by atoms with Gasteiger partial charge in [0, 0.05) is 17.5 Å². The molecule has 0 aromatic carbocycles. The van der Waals surface area contributed by atoms with Crippen molar-refractivity contribution < 1.29 is 0 Å². The number of aromatic nitrogens is 1. The molecule has 0 saturated carbocycles. The van der Waals surface area contributed by atoms with Crippen molar-refractivity contribution in [2.24, 2.45) is 0 Å². The highest BCUT2D eigenvalue weighted by molar-refractivity contribution is 7.09. The highest BCUT2D eigenvalue weighted by atomic mass is 32.1. The van der Waals surface area contributed by atoms with Crippen molar-refractivity contribution in [2.45, 2.75) is 26.3 Å². The van der Waals surface area contributed by atoms with Crippen LogP contribution in [-0.4, -0.2) is 11.5 Å². The lowest BCUT2D eigenvalue weighted by Gasteiger charge is -2.17. The van der Waals surface area contributed by atoms with Crippen molar-refractivity contribution in [3.8, 4) is 0 Å². The van der Waals surface area contributed by atoms with Gasteiger partial charge in [-0.05, 0) is 42.6 Å². The fraction of sp³-hybridized carbons (Fsp3) is 0.357. The summed E-state index contributed by atoms with van der Waals surface area (Å²) in [5, 5.41) is 5.64. The van der Waals surface area contributed by atoms with Crippen molar-refractivity contribution in [3.63, 3.8) is 0 Å². The molecule has 2 aromatic rings. The molecular formula is C14H18N2S. The molecule has 90 valence electrons. The van der Waals surface area contributed by atoms with E-state index in [1.807, 2.05) is 23.6 Å². The molecule has 0 radical (unpaired) electrons. The summed E-state index contributed by atoms with van der Waals surface area (Å²) >= 11 is 1.81. The average molecular weight is 246 g/mol. The van der Waals surface area contributed by atoms with Crippen LogP contribution in [0, 0.1) is 6.92 Å². The Kier molecular flexibility index (Phi) is 4.29. The third kappa shape index (κ3) is 3.38. The van der Waals surface area contributed by atoms with Gasteiger partial charge in [0.25, 0.3) is 0 Å². The first kappa shape index (κ1) is 12.3. The first-order valence-electron chi connectivity index (χ1n) is 5.98. The normalized spacial score (nSPS) is 12.6. The van der Waals surface area contributed by atoms with Gasteiger partial charge in [-0.1, -0.05) is 13.0 Å². The number of thiophene rings is 1. The molecule has 0 fully saturated rings. The van der Waals surface area contributed by atoms with Gasteiger partial charge in [-0.2, -0.15) is 0 Å². The second-order valence-corrected chi connectivity index (χ2v) is 5.18. The molecule has 0 aliphatic carbocycles. The van der Waals surface area contributed by atoms with Gasteiger partial charge in [0.1, 0.15) is 0 Å². The van der Waals surface area contributed by atoms with Crippen LogP contribution in [0.3, 0.4) is 0 Å². The molecule has 0 aliphatic heterocycles. The zero-order valence-corrected chi connectivity index (χ0v) is 11.1. The Morgan fingerprint density at radius 3 is 2.94 bits per heavy atom. The minimum Gasteiger partial charge on any atom is -0.309 e. The van der Waals surface area contributed by atoms with E-state index in [0.717, 1.165) is 18.7 Å². The van der Waals surface area contributed by atoms with Gasteiger partial charge in [0.15, 0.2) is 0 Å². The van der Waals surface area contributed by atoms with Crippen LogP contribution in [0.4, 0.5) is 0 Å². The van der Waals surface area contributed by atoms with Crippen molar-refractivity contribution in [1.29, 1.82) is 0 Å². The molecule has 2 rings (SSSR count). The first-order valence-corrected chi connectivity index (χ1v) is 6.86. The number of nitrogens with zero attached hydrogens (tertiary/aromatic N) is 1. The lowest BCUT2D eigenvalue weighted by Crippen LogP contribution is -2.23. The summed E-state index contributed by atoms with van der Waals surface area (Å²) in [5.41, 5.74) is 2.41. The molecule has 0 spiro atoms. The van der Waals surface area contributed by atoms with Crippen LogP contribution >= 0.6 is 11.3 Å². The van der Waals surface area contributed by atoms with Gasteiger partial charge < -0.3 is 5.32 Å². The van der Waals surface area contributed by atoms with Crippen molar-refractivity contribution >= 4 is 11.3 Å².